The van der Waals surface area contributed by atoms with Crippen LogP contribution in [0, 0.1) is 0 Å². The first-order chi connectivity index (χ1) is 7.93. The zero-order chi connectivity index (χ0) is 11.5. The quantitative estimate of drug-likeness (QED) is 0.435. The summed E-state index contributed by atoms with van der Waals surface area (Å²) in [5, 5.41) is 0. The summed E-state index contributed by atoms with van der Waals surface area (Å²) in [6.07, 6.45) is 19.5. The summed E-state index contributed by atoms with van der Waals surface area (Å²) in [6, 6.07) is 0. The van der Waals surface area contributed by atoms with Crippen molar-refractivity contribution in [3.05, 3.63) is 0 Å². The van der Waals surface area contributed by atoms with E-state index < -0.39 is 0 Å². The van der Waals surface area contributed by atoms with E-state index in [4.69, 9.17) is 0 Å². The van der Waals surface area contributed by atoms with E-state index in [-0.39, 0.29) is 0 Å². The van der Waals surface area contributed by atoms with Crippen LogP contribution in [0.1, 0.15) is 84.0 Å². The lowest BCUT2D eigenvalue weighted by molar-refractivity contribution is 0.585. The summed E-state index contributed by atoms with van der Waals surface area (Å²) in [6.45, 7) is 2.32. The predicted molar refractivity (Wildman–Crippen MR) is 78.0 cm³/mol. The van der Waals surface area contributed by atoms with E-state index in [9.17, 15) is 0 Å². The van der Waals surface area contributed by atoms with Crippen molar-refractivity contribution in [1.82, 2.24) is 0 Å². The fourth-order valence-corrected chi connectivity index (χ4v) is 4.46. The van der Waals surface area contributed by atoms with Gasteiger partial charge in [-0.1, -0.05) is 64.7 Å². The third-order valence-electron chi connectivity index (χ3n) is 3.82. The molecule has 96 valence electrons. The third-order valence-corrected chi connectivity index (χ3v) is 5.62. The maximum Gasteiger partial charge on any atom is -0.0237 e. The standard InChI is InChI=1S/C15H31P/c1-2-3-14-16-15-12-10-8-6-4-5-7-9-11-13-15/h15-16H,2-14H2,1H3. The second kappa shape index (κ2) is 10.6. The first-order valence-corrected chi connectivity index (χ1v) is 8.95. The fourth-order valence-electron chi connectivity index (χ4n) is 2.67. The molecule has 0 aromatic rings. The first kappa shape index (κ1) is 14.5. The van der Waals surface area contributed by atoms with E-state index in [2.05, 4.69) is 6.92 Å². The van der Waals surface area contributed by atoms with Crippen LogP contribution in [0.25, 0.3) is 0 Å². The van der Waals surface area contributed by atoms with Crippen molar-refractivity contribution in [2.45, 2.75) is 89.6 Å². The van der Waals surface area contributed by atoms with E-state index in [1.807, 2.05) is 0 Å². The summed E-state index contributed by atoms with van der Waals surface area (Å²) in [4.78, 5) is 0. The molecule has 0 amide bonds. The van der Waals surface area contributed by atoms with Gasteiger partial charge in [0.1, 0.15) is 0 Å². The maximum absolute atomic E-state index is 2.32. The van der Waals surface area contributed by atoms with Gasteiger partial charge >= 0.3 is 0 Å². The van der Waals surface area contributed by atoms with E-state index in [1.165, 1.54) is 79.0 Å². The Bertz CT molecular complexity index is 132. The van der Waals surface area contributed by atoms with Crippen molar-refractivity contribution < 1.29 is 0 Å². The molecule has 0 nitrogen and oxygen atoms in total. The molecule has 1 heteroatoms. The summed E-state index contributed by atoms with van der Waals surface area (Å²) in [7, 11) is 1.27. The van der Waals surface area contributed by atoms with E-state index in [1.54, 1.807) is 12.8 Å². The van der Waals surface area contributed by atoms with Crippen molar-refractivity contribution in [3.8, 4) is 0 Å². The number of unbranched alkanes of at least 4 members (excludes halogenated alkanes) is 1. The lowest BCUT2D eigenvalue weighted by atomic mass is 10.1. The monoisotopic (exact) mass is 242 g/mol. The maximum atomic E-state index is 2.32. The van der Waals surface area contributed by atoms with Gasteiger partial charge < -0.3 is 0 Å². The molecule has 0 aromatic carbocycles. The zero-order valence-electron chi connectivity index (χ0n) is 11.3. The Kier molecular flexibility index (Phi) is 9.58. The highest BCUT2D eigenvalue weighted by Gasteiger charge is 2.08. The molecule has 0 saturated heterocycles. The Labute approximate surface area is 105 Å². The molecule has 1 aliphatic carbocycles. The fraction of sp³-hybridized carbons (Fsp3) is 1.00. The average Bonchev–Trinajstić information content (AvgIpc) is 2.35. The first-order valence-electron chi connectivity index (χ1n) is 7.67. The van der Waals surface area contributed by atoms with Crippen LogP contribution in [0.3, 0.4) is 0 Å². The Morgan fingerprint density at radius 1 is 0.812 bits per heavy atom. The van der Waals surface area contributed by atoms with Crippen molar-refractivity contribution in [2.75, 3.05) is 6.16 Å². The van der Waals surface area contributed by atoms with Gasteiger partial charge in [0, 0.05) is 0 Å². The normalized spacial score (nSPS) is 22.3. The van der Waals surface area contributed by atoms with E-state index in [0.717, 1.165) is 5.66 Å². The lowest BCUT2D eigenvalue weighted by Gasteiger charge is -2.16. The average molecular weight is 242 g/mol. The summed E-state index contributed by atoms with van der Waals surface area (Å²) >= 11 is 0. The van der Waals surface area contributed by atoms with Crippen molar-refractivity contribution in [1.29, 1.82) is 0 Å². The van der Waals surface area contributed by atoms with Crippen molar-refractivity contribution in [2.24, 2.45) is 0 Å². The summed E-state index contributed by atoms with van der Waals surface area (Å²) in [5.74, 6) is 0. The molecule has 1 unspecified atom stereocenters. The van der Waals surface area contributed by atoms with Gasteiger partial charge in [0.15, 0.2) is 0 Å². The molecule has 1 rings (SSSR count). The highest BCUT2D eigenvalue weighted by Crippen LogP contribution is 2.30. The molecule has 1 aliphatic rings. The van der Waals surface area contributed by atoms with Crippen LogP contribution in [-0.4, -0.2) is 11.8 Å². The number of rotatable bonds is 4. The van der Waals surface area contributed by atoms with Crippen LogP contribution in [0.5, 0.6) is 0 Å². The minimum absolute atomic E-state index is 1.10. The number of hydrogen-bond acceptors (Lipinski definition) is 0. The molecule has 0 spiro atoms. The van der Waals surface area contributed by atoms with Crippen LogP contribution < -0.4 is 0 Å². The van der Waals surface area contributed by atoms with Crippen LogP contribution >= 0.6 is 8.58 Å². The molecule has 1 saturated carbocycles. The van der Waals surface area contributed by atoms with Gasteiger partial charge in [0.2, 0.25) is 0 Å². The molecule has 0 heterocycles. The molecular formula is C15H31P. The van der Waals surface area contributed by atoms with E-state index in [0.29, 0.717) is 0 Å². The van der Waals surface area contributed by atoms with Gasteiger partial charge in [-0.25, -0.2) is 0 Å². The molecule has 0 radical (unpaired) electrons. The lowest BCUT2D eigenvalue weighted by Crippen LogP contribution is -2.02. The topological polar surface area (TPSA) is 0 Å². The van der Waals surface area contributed by atoms with Crippen LogP contribution in [0.4, 0.5) is 0 Å². The van der Waals surface area contributed by atoms with Gasteiger partial charge in [0.25, 0.3) is 0 Å². The molecule has 0 aromatic heterocycles. The molecule has 16 heavy (non-hydrogen) atoms. The second-order valence-corrected chi connectivity index (χ2v) is 7.14. The summed E-state index contributed by atoms with van der Waals surface area (Å²) < 4.78 is 0. The molecule has 0 bridgehead atoms. The minimum atomic E-state index is 1.10. The SMILES string of the molecule is CCCCPC1CCCCCCCCCC1. The van der Waals surface area contributed by atoms with Crippen molar-refractivity contribution in [3.63, 3.8) is 0 Å². The minimum Gasteiger partial charge on any atom is -0.119 e. The predicted octanol–water partition coefficient (Wildman–Crippen LogP) is 5.75. The van der Waals surface area contributed by atoms with Gasteiger partial charge in [-0.2, -0.15) is 0 Å². The van der Waals surface area contributed by atoms with Gasteiger partial charge in [-0.05, 0) is 31.1 Å². The van der Waals surface area contributed by atoms with Crippen LogP contribution in [0.2, 0.25) is 0 Å². The summed E-state index contributed by atoms with van der Waals surface area (Å²) in [5.41, 5.74) is 1.10. The van der Waals surface area contributed by atoms with Gasteiger partial charge in [-0.3, -0.25) is 0 Å². The second-order valence-electron chi connectivity index (χ2n) is 5.41. The smallest absolute Gasteiger partial charge is 0.0237 e. The Balaban J connectivity index is 2.17. The largest absolute Gasteiger partial charge is 0.119 e. The molecule has 1 atom stereocenters. The molecule has 0 aliphatic heterocycles. The Morgan fingerprint density at radius 3 is 1.81 bits per heavy atom. The third kappa shape index (κ3) is 7.66. The molecule has 0 N–H and O–H groups in total. The Morgan fingerprint density at radius 2 is 1.31 bits per heavy atom. The van der Waals surface area contributed by atoms with Crippen LogP contribution in [-0.2, 0) is 0 Å². The Hall–Kier alpha value is 0.430. The van der Waals surface area contributed by atoms with E-state index >= 15 is 0 Å². The highest BCUT2D eigenvalue weighted by atomic mass is 31.1. The molecular weight excluding hydrogens is 211 g/mol. The highest BCUT2D eigenvalue weighted by molar-refractivity contribution is 7.38. The van der Waals surface area contributed by atoms with Gasteiger partial charge in [0.05, 0.1) is 0 Å². The van der Waals surface area contributed by atoms with Crippen molar-refractivity contribution >= 4 is 8.58 Å². The van der Waals surface area contributed by atoms with Crippen LogP contribution in [0.15, 0.2) is 0 Å². The number of hydrogen-bond donors (Lipinski definition) is 0. The molecule has 1 fully saturated rings. The van der Waals surface area contributed by atoms with Gasteiger partial charge in [-0.15, -0.1) is 8.58 Å². The zero-order valence-corrected chi connectivity index (χ0v) is 12.3.